The van der Waals surface area contributed by atoms with Crippen molar-refractivity contribution in [3.63, 3.8) is 0 Å². The molecule has 11 rings (SSSR count). The van der Waals surface area contributed by atoms with Crippen molar-refractivity contribution in [2.45, 2.75) is 66.8 Å². The molecule has 65 heavy (non-hydrogen) atoms. The van der Waals surface area contributed by atoms with Crippen LogP contribution in [0.25, 0.3) is 22.8 Å². The van der Waals surface area contributed by atoms with Gasteiger partial charge < -0.3 is 10.2 Å². The lowest BCUT2D eigenvalue weighted by Crippen LogP contribution is -2.56. The summed E-state index contributed by atoms with van der Waals surface area (Å²) in [7, 11) is -2.87. The third-order valence-corrected chi connectivity index (χ3v) is 24.6. The molecule has 0 amide bonds. The van der Waals surface area contributed by atoms with Crippen molar-refractivity contribution in [3.05, 3.63) is 223 Å². The fourth-order valence-electron chi connectivity index (χ4n) is 11.7. The van der Waals surface area contributed by atoms with E-state index in [1.165, 1.54) is 105 Å². The molecule has 322 valence electrons. The highest BCUT2D eigenvalue weighted by molar-refractivity contribution is 8.34. The Kier molecular flexibility index (Phi) is 10.6. The molecule has 3 heterocycles. The molecule has 2 saturated heterocycles. The summed E-state index contributed by atoms with van der Waals surface area (Å²) in [5.41, 5.74) is 15.4. The zero-order chi connectivity index (χ0) is 44.2. The number of rotatable bonds is 9. The van der Waals surface area contributed by atoms with Crippen molar-refractivity contribution in [2.75, 3.05) is 21.7 Å². The molecule has 0 bridgehead atoms. The molecule has 0 saturated carbocycles. The summed E-state index contributed by atoms with van der Waals surface area (Å²) >= 11 is 0. The number of para-hydroxylation sites is 3. The maximum Gasteiger partial charge on any atom is 0.120 e. The van der Waals surface area contributed by atoms with Crippen LogP contribution in [0.3, 0.4) is 0 Å². The van der Waals surface area contributed by atoms with Gasteiger partial charge in [0, 0.05) is 32.3 Å². The standard InChI is InChI=1S/C61H58N2SSi/c1-44(29-30-46-31-33-47(34-32-46)48-19-18-20-49(42-48)62-55-23-8-13-28-60(55)65(39-16-17-40-65)51-21-6-5-7-22-51)41-53-45(2)52-36-35-50(43-54(52)61(53,3)4)63-56-24-9-11-26-58(56)64(37-14-15-38-64)59-27-12-10-25-57(59)63/h5-13,18-36,41-43,62H,1-2,14-17,37-40H2,3-4H3. The fraction of sp³-hybridized carbons (Fsp3) is 0.180. The van der Waals surface area contributed by atoms with Gasteiger partial charge in [-0.2, -0.15) is 10.0 Å². The monoisotopic (exact) mass is 878 g/mol. The lowest BCUT2D eigenvalue weighted by atomic mass is 9.81. The van der Waals surface area contributed by atoms with Crippen LogP contribution >= 0.6 is 10.0 Å². The van der Waals surface area contributed by atoms with Crippen LogP contribution in [0.1, 0.15) is 56.2 Å². The first kappa shape index (κ1) is 41.4. The normalized spacial score (nSPS) is 18.7. The zero-order valence-electron chi connectivity index (χ0n) is 37.8. The van der Waals surface area contributed by atoms with E-state index in [1.807, 2.05) is 0 Å². The summed E-state index contributed by atoms with van der Waals surface area (Å²) in [5.74, 6) is 2.59. The summed E-state index contributed by atoms with van der Waals surface area (Å²) in [5, 5.41) is 6.97. The predicted octanol–water partition coefficient (Wildman–Crippen LogP) is 15.8. The van der Waals surface area contributed by atoms with Crippen LogP contribution in [-0.2, 0) is 5.41 Å². The van der Waals surface area contributed by atoms with Gasteiger partial charge >= 0.3 is 0 Å². The Bertz CT molecular complexity index is 2990. The molecular formula is C61H58N2SSi. The van der Waals surface area contributed by atoms with Crippen molar-refractivity contribution in [1.82, 2.24) is 0 Å². The van der Waals surface area contributed by atoms with Crippen LogP contribution in [0, 0.1) is 0 Å². The Labute approximate surface area is 389 Å². The van der Waals surface area contributed by atoms with Gasteiger partial charge in [-0.05, 0) is 141 Å². The Morgan fingerprint density at radius 3 is 2.05 bits per heavy atom. The topological polar surface area (TPSA) is 15.3 Å². The van der Waals surface area contributed by atoms with E-state index in [4.69, 9.17) is 0 Å². The summed E-state index contributed by atoms with van der Waals surface area (Å²) in [6, 6.07) is 66.3. The average molecular weight is 879 g/mol. The number of allylic oxidation sites excluding steroid dienone is 5. The van der Waals surface area contributed by atoms with E-state index in [0.717, 1.165) is 22.4 Å². The molecule has 2 fully saturated rings. The maximum absolute atomic E-state index is 4.67. The molecule has 4 aliphatic rings. The molecule has 0 atom stereocenters. The van der Waals surface area contributed by atoms with Crippen LogP contribution in [-0.4, -0.2) is 19.6 Å². The lowest BCUT2D eigenvalue weighted by Gasteiger charge is -2.47. The van der Waals surface area contributed by atoms with Crippen molar-refractivity contribution in [3.8, 4) is 11.1 Å². The molecule has 1 spiro atoms. The highest BCUT2D eigenvalue weighted by Gasteiger charge is 2.44. The largest absolute Gasteiger partial charge is 0.356 e. The second-order valence-electron chi connectivity index (χ2n) is 19.1. The SMILES string of the molecule is C=C(C=Cc1ccc(-c2cccc(Nc3ccccc3[Si]3(c4ccccc4)CCCC3)c2)cc1)C=C1C(=C)c2ccc(N3c4ccccc4S4(CCCC4)c4ccccc43)cc2C1(C)C. The first-order chi connectivity index (χ1) is 31.7. The maximum atomic E-state index is 4.67. The van der Waals surface area contributed by atoms with Crippen molar-refractivity contribution in [1.29, 1.82) is 0 Å². The van der Waals surface area contributed by atoms with E-state index in [-0.39, 0.29) is 5.41 Å². The number of hydrogen-bond donors (Lipinski definition) is 1. The van der Waals surface area contributed by atoms with Gasteiger partial charge in [0.25, 0.3) is 0 Å². The molecule has 7 aromatic rings. The molecule has 1 N–H and O–H groups in total. The number of benzene rings is 7. The Hall–Kier alpha value is -6.33. The van der Waals surface area contributed by atoms with E-state index in [9.17, 15) is 0 Å². The first-order valence-electron chi connectivity index (χ1n) is 23.6. The first-order valence-corrected chi connectivity index (χ1v) is 28.0. The van der Waals surface area contributed by atoms with Gasteiger partial charge in [0.15, 0.2) is 0 Å². The van der Waals surface area contributed by atoms with Gasteiger partial charge in [-0.1, -0.05) is 179 Å². The van der Waals surface area contributed by atoms with Crippen molar-refractivity contribution in [2.24, 2.45) is 0 Å². The molecule has 7 aromatic carbocycles. The fourth-order valence-corrected chi connectivity index (χ4v) is 21.5. The van der Waals surface area contributed by atoms with Gasteiger partial charge in [-0.25, -0.2) is 0 Å². The van der Waals surface area contributed by atoms with Crippen molar-refractivity contribution >= 4 is 68.6 Å². The minimum atomic E-state index is -1.84. The Balaban J connectivity index is 0.812. The van der Waals surface area contributed by atoms with E-state index in [1.54, 1.807) is 15.0 Å². The number of nitrogens with one attached hydrogen (secondary N) is 1. The Morgan fingerprint density at radius 2 is 1.32 bits per heavy atom. The van der Waals surface area contributed by atoms with E-state index < -0.39 is 18.1 Å². The minimum Gasteiger partial charge on any atom is -0.356 e. The summed E-state index contributed by atoms with van der Waals surface area (Å²) in [6.45, 7) is 13.9. The number of anilines is 5. The molecule has 0 unspecified atom stereocenters. The number of nitrogens with zero attached hydrogens (tertiary/aromatic N) is 1. The third-order valence-electron chi connectivity index (χ3n) is 15.0. The molecule has 3 aliphatic heterocycles. The van der Waals surface area contributed by atoms with E-state index in [2.05, 4.69) is 225 Å². The van der Waals surface area contributed by atoms with Gasteiger partial charge in [0.2, 0.25) is 0 Å². The highest BCUT2D eigenvalue weighted by Crippen LogP contribution is 2.74. The van der Waals surface area contributed by atoms with Gasteiger partial charge in [-0.15, -0.1) is 0 Å². The number of hydrogen-bond acceptors (Lipinski definition) is 2. The highest BCUT2D eigenvalue weighted by atomic mass is 32.3. The molecular weight excluding hydrogens is 821 g/mol. The van der Waals surface area contributed by atoms with Gasteiger partial charge in [0.1, 0.15) is 8.07 Å². The summed E-state index contributed by atoms with van der Waals surface area (Å²) in [6.07, 6.45) is 11.8. The third kappa shape index (κ3) is 7.10. The number of fused-ring (bicyclic) bond motifs is 5. The lowest BCUT2D eigenvalue weighted by molar-refractivity contribution is 0.660. The van der Waals surface area contributed by atoms with Gasteiger partial charge in [0.05, 0.1) is 11.4 Å². The predicted molar refractivity (Wildman–Crippen MR) is 284 cm³/mol. The molecule has 4 heteroatoms. The molecule has 2 nitrogen and oxygen atoms in total. The van der Waals surface area contributed by atoms with Crippen LogP contribution in [0.2, 0.25) is 12.1 Å². The van der Waals surface area contributed by atoms with Crippen LogP contribution in [0.5, 0.6) is 0 Å². The molecule has 1 aliphatic carbocycles. The molecule has 0 aromatic heterocycles. The summed E-state index contributed by atoms with van der Waals surface area (Å²) in [4.78, 5) is 5.63. The van der Waals surface area contributed by atoms with Crippen LogP contribution < -0.4 is 20.6 Å². The molecule has 0 radical (unpaired) electrons. The zero-order valence-corrected chi connectivity index (χ0v) is 39.6. The van der Waals surface area contributed by atoms with Gasteiger partial charge in [-0.3, -0.25) is 0 Å². The quantitative estimate of drug-likeness (QED) is 0.115. The average Bonchev–Trinajstić information content (AvgIpc) is 4.09. The van der Waals surface area contributed by atoms with Crippen LogP contribution in [0.4, 0.5) is 28.4 Å². The summed E-state index contributed by atoms with van der Waals surface area (Å²) < 4.78 is 0. The van der Waals surface area contributed by atoms with Crippen LogP contribution in [0.15, 0.2) is 216 Å². The second-order valence-corrected chi connectivity index (χ2v) is 26.8. The Morgan fingerprint density at radius 1 is 0.662 bits per heavy atom. The van der Waals surface area contributed by atoms with E-state index >= 15 is 0 Å². The van der Waals surface area contributed by atoms with Crippen molar-refractivity contribution < 1.29 is 0 Å². The minimum absolute atomic E-state index is 0.235. The smallest absolute Gasteiger partial charge is 0.120 e. The van der Waals surface area contributed by atoms with E-state index in [0.29, 0.717) is 0 Å². The second kappa shape index (κ2) is 16.6.